The smallest absolute Gasteiger partial charge is 0.315 e. The van der Waals surface area contributed by atoms with Crippen molar-refractivity contribution in [2.45, 2.75) is 175 Å². The van der Waals surface area contributed by atoms with E-state index in [9.17, 15) is 32.4 Å². The molecule has 1 heterocycles. The summed E-state index contributed by atoms with van der Waals surface area (Å²) < 4.78 is 25.4. The van der Waals surface area contributed by atoms with E-state index in [1.807, 2.05) is 34.6 Å². The van der Waals surface area contributed by atoms with E-state index in [0.29, 0.717) is 32.1 Å². The minimum absolute atomic E-state index is 0.189. The van der Waals surface area contributed by atoms with Gasteiger partial charge in [-0.1, -0.05) is 93.4 Å². The summed E-state index contributed by atoms with van der Waals surface area (Å²) in [7, 11) is -3.55. The Labute approximate surface area is 296 Å². The van der Waals surface area contributed by atoms with Crippen LogP contribution in [0.15, 0.2) is 0 Å². The summed E-state index contributed by atoms with van der Waals surface area (Å²) in [5.41, 5.74) is 3.57. The van der Waals surface area contributed by atoms with Crippen LogP contribution in [-0.4, -0.2) is 83.6 Å². The van der Waals surface area contributed by atoms with Crippen LogP contribution in [0.1, 0.15) is 146 Å². The molecule has 0 bridgehead atoms. The zero-order valence-electron chi connectivity index (χ0n) is 32.0. The number of sulfone groups is 1. The summed E-state index contributed by atoms with van der Waals surface area (Å²) in [6.07, 6.45) is 8.92. The first-order valence-corrected chi connectivity index (χ1v) is 20.1. The van der Waals surface area contributed by atoms with Gasteiger partial charge in [-0.3, -0.25) is 19.2 Å². The number of hydrogen-bond donors (Lipinski definition) is 4. The zero-order valence-corrected chi connectivity index (χ0v) is 32.8. The van der Waals surface area contributed by atoms with Crippen LogP contribution >= 0.6 is 0 Å². The number of urea groups is 1. The molecule has 3 unspecified atom stereocenters. The molecule has 5 amide bonds. The summed E-state index contributed by atoms with van der Waals surface area (Å²) >= 11 is 0. The maximum Gasteiger partial charge on any atom is 0.315 e. The molecule has 3 fully saturated rings. The van der Waals surface area contributed by atoms with Gasteiger partial charge in [-0.15, -0.1) is 0 Å². The number of Topliss-reactive ketones (excluding diaryl/α,β-unsaturated/α-hetero) is 1. The Kier molecular flexibility index (Phi) is 17.2. The van der Waals surface area contributed by atoms with Gasteiger partial charge in [-0.2, -0.15) is 0 Å². The summed E-state index contributed by atoms with van der Waals surface area (Å²) in [4.78, 5) is 66.6. The summed E-state index contributed by atoms with van der Waals surface area (Å²) in [5.74, 6) is -2.89. The average Bonchev–Trinajstić information content (AvgIpc) is 3.47. The number of amides is 5. The van der Waals surface area contributed by atoms with Gasteiger partial charge in [0.15, 0.2) is 9.84 Å². The molecule has 1 saturated heterocycles. The third-order valence-electron chi connectivity index (χ3n) is 9.49. The molecule has 3 rings (SSSR count). The largest absolute Gasteiger partial charge is 0.363 e. The minimum Gasteiger partial charge on any atom is -0.363 e. The molecule has 13 heteroatoms. The van der Waals surface area contributed by atoms with Crippen LogP contribution in [0, 0.1) is 11.3 Å². The molecule has 0 aromatic carbocycles. The molecule has 284 valence electrons. The number of ketones is 1. The van der Waals surface area contributed by atoms with Gasteiger partial charge in [0.1, 0.15) is 12.1 Å². The van der Waals surface area contributed by atoms with E-state index in [1.54, 1.807) is 20.8 Å². The number of rotatable bonds is 11. The van der Waals surface area contributed by atoms with E-state index in [-0.39, 0.29) is 18.2 Å². The highest BCUT2D eigenvalue weighted by atomic mass is 32.2. The highest BCUT2D eigenvalue weighted by Crippen LogP contribution is 2.34. The highest BCUT2D eigenvalue weighted by molar-refractivity contribution is 7.92. The number of nitrogens with two attached hydrogens (primary N) is 1. The molecule has 12 nitrogen and oxygen atoms in total. The number of hydrogen-bond acceptors (Lipinski definition) is 7. The Morgan fingerprint density at radius 1 is 0.857 bits per heavy atom. The van der Waals surface area contributed by atoms with E-state index < -0.39 is 73.2 Å². The SMILES string of the molecule is CC.CC(C)(C)C(NC(=O)NC1(CS(=O)(=O)C(C)(C)C)CCCCC1)C(=O)N1CCCC1C(=O)NC(CC1CCC1)C(=O)C(N)=O.CCC. The molecular formula is C36H67N5O7S. The topological polar surface area (TPSA) is 185 Å². The number of nitrogens with zero attached hydrogens (tertiary/aromatic N) is 1. The van der Waals surface area contributed by atoms with Gasteiger partial charge in [0, 0.05) is 6.54 Å². The minimum atomic E-state index is -3.55. The van der Waals surface area contributed by atoms with Crippen molar-refractivity contribution in [3.8, 4) is 0 Å². The van der Waals surface area contributed by atoms with Gasteiger partial charge in [-0.05, 0) is 64.2 Å². The van der Waals surface area contributed by atoms with E-state index in [1.165, 1.54) is 11.3 Å². The first-order chi connectivity index (χ1) is 22.7. The van der Waals surface area contributed by atoms with Crippen molar-refractivity contribution in [1.29, 1.82) is 0 Å². The fraction of sp³-hybridized carbons (Fsp3) is 0.861. The molecule has 0 aromatic rings. The molecule has 0 spiro atoms. The van der Waals surface area contributed by atoms with Crippen molar-refractivity contribution < 1.29 is 32.4 Å². The van der Waals surface area contributed by atoms with Gasteiger partial charge in [-0.25, -0.2) is 13.2 Å². The molecule has 0 aromatic heterocycles. The summed E-state index contributed by atoms with van der Waals surface area (Å²) in [6.45, 7) is 18.9. The van der Waals surface area contributed by atoms with Gasteiger partial charge >= 0.3 is 6.03 Å². The second-order valence-corrected chi connectivity index (χ2v) is 18.6. The van der Waals surface area contributed by atoms with Crippen LogP contribution in [0.2, 0.25) is 0 Å². The van der Waals surface area contributed by atoms with Crippen LogP contribution in [0.4, 0.5) is 4.79 Å². The fourth-order valence-electron chi connectivity index (χ4n) is 6.37. The predicted octanol–water partition coefficient (Wildman–Crippen LogP) is 4.78. The Morgan fingerprint density at radius 3 is 1.86 bits per heavy atom. The van der Waals surface area contributed by atoms with Crippen LogP contribution < -0.4 is 21.7 Å². The van der Waals surface area contributed by atoms with Crippen LogP contribution in [0.3, 0.4) is 0 Å². The first-order valence-electron chi connectivity index (χ1n) is 18.4. The predicted molar refractivity (Wildman–Crippen MR) is 194 cm³/mol. The van der Waals surface area contributed by atoms with Gasteiger partial charge < -0.3 is 26.6 Å². The van der Waals surface area contributed by atoms with Crippen molar-refractivity contribution >= 4 is 39.4 Å². The fourth-order valence-corrected chi connectivity index (χ4v) is 7.89. The van der Waals surface area contributed by atoms with Crippen molar-refractivity contribution in [3.63, 3.8) is 0 Å². The molecule has 0 radical (unpaired) electrons. The number of likely N-dealkylation sites (tertiary alicyclic amines) is 1. The first kappa shape index (κ1) is 44.3. The van der Waals surface area contributed by atoms with Gasteiger partial charge in [0.25, 0.3) is 5.91 Å². The Morgan fingerprint density at radius 2 is 1.41 bits per heavy atom. The molecule has 5 N–H and O–H groups in total. The van der Waals surface area contributed by atoms with Crippen molar-refractivity contribution in [1.82, 2.24) is 20.9 Å². The maximum absolute atomic E-state index is 14.0. The molecule has 2 aliphatic carbocycles. The van der Waals surface area contributed by atoms with Gasteiger partial charge in [0.05, 0.1) is 22.1 Å². The maximum atomic E-state index is 14.0. The Hall–Kier alpha value is -2.70. The zero-order chi connectivity index (χ0) is 37.8. The van der Waals surface area contributed by atoms with Crippen LogP contribution in [-0.2, 0) is 29.0 Å². The van der Waals surface area contributed by atoms with E-state index in [4.69, 9.17) is 5.73 Å². The molecule has 2 saturated carbocycles. The highest BCUT2D eigenvalue weighted by Gasteiger charge is 2.45. The van der Waals surface area contributed by atoms with Gasteiger partial charge in [0.2, 0.25) is 17.6 Å². The average molecular weight is 714 g/mol. The molecule has 3 atom stereocenters. The third kappa shape index (κ3) is 12.8. The van der Waals surface area contributed by atoms with E-state index >= 15 is 0 Å². The van der Waals surface area contributed by atoms with E-state index in [2.05, 4.69) is 29.8 Å². The lowest BCUT2D eigenvalue weighted by Gasteiger charge is -2.41. The summed E-state index contributed by atoms with van der Waals surface area (Å²) in [5, 5.41) is 8.48. The van der Waals surface area contributed by atoms with Crippen LogP contribution in [0.5, 0.6) is 0 Å². The monoisotopic (exact) mass is 713 g/mol. The third-order valence-corrected chi connectivity index (χ3v) is 12.3. The molecular weight excluding hydrogens is 646 g/mol. The quantitative estimate of drug-likeness (QED) is 0.222. The van der Waals surface area contributed by atoms with Crippen molar-refractivity contribution in [2.75, 3.05) is 12.3 Å². The second kappa shape index (κ2) is 19.1. The van der Waals surface area contributed by atoms with Crippen molar-refractivity contribution in [3.05, 3.63) is 0 Å². The van der Waals surface area contributed by atoms with E-state index in [0.717, 1.165) is 38.5 Å². The number of nitrogens with one attached hydrogen (secondary N) is 3. The normalized spacial score (nSPS) is 20.5. The Bertz CT molecular complexity index is 1230. The molecule has 1 aliphatic heterocycles. The lowest BCUT2D eigenvalue weighted by Crippen LogP contribution is -2.63. The number of carbonyl (C=O) groups is 5. The second-order valence-electron chi connectivity index (χ2n) is 15.8. The Balaban J connectivity index is 0.00000227. The lowest BCUT2D eigenvalue weighted by molar-refractivity contribution is -0.143. The number of carbonyl (C=O) groups excluding carboxylic acids is 5. The molecule has 3 aliphatic rings. The van der Waals surface area contributed by atoms with Crippen molar-refractivity contribution in [2.24, 2.45) is 17.1 Å². The summed E-state index contributed by atoms with van der Waals surface area (Å²) in [6, 6.07) is -3.56. The van der Waals surface area contributed by atoms with Crippen LogP contribution in [0.25, 0.3) is 0 Å². The standard InChI is InChI=1S/C31H53N5O7S.C3H8.C2H6/c1-29(2,3)24(34-28(41)35-31(15-8-7-9-16-31)19-44(42,43)30(4,5)6)27(40)36-17-11-14-22(36)26(39)33-21(23(37)25(32)38)18-20-12-10-13-20;1-3-2;1-2/h20-22,24H,7-19H2,1-6H3,(H2,32,38)(H,33,39)(H2,34,35,41);3H2,1-2H3;1-2H3. The lowest BCUT2D eigenvalue weighted by atomic mass is 9.80. The number of primary amides is 1. The molecule has 49 heavy (non-hydrogen) atoms.